The summed E-state index contributed by atoms with van der Waals surface area (Å²) in [6.45, 7) is 4.65. The molecular formula is C29H34N2O3. The van der Waals surface area contributed by atoms with Crippen LogP contribution in [-0.4, -0.2) is 38.1 Å². The molecule has 5 heteroatoms. The molecule has 178 valence electrons. The number of nitrogens with zero attached hydrogens (tertiary/aromatic N) is 1. The molecule has 1 amide bonds. The first-order valence-corrected chi connectivity index (χ1v) is 12.0. The van der Waals surface area contributed by atoms with Crippen molar-refractivity contribution in [2.45, 2.75) is 32.2 Å². The molecule has 1 N–H and O–H groups in total. The van der Waals surface area contributed by atoms with Crippen LogP contribution in [0.5, 0.6) is 11.5 Å². The summed E-state index contributed by atoms with van der Waals surface area (Å²) in [4.78, 5) is 15.7. The fourth-order valence-corrected chi connectivity index (χ4v) is 4.68. The van der Waals surface area contributed by atoms with Gasteiger partial charge in [-0.25, -0.2) is 0 Å². The average molecular weight is 459 g/mol. The minimum Gasteiger partial charge on any atom is -0.497 e. The molecule has 0 saturated carbocycles. The Morgan fingerprint density at radius 3 is 2.03 bits per heavy atom. The minimum atomic E-state index is -0.0926. The van der Waals surface area contributed by atoms with Crippen LogP contribution >= 0.6 is 0 Å². The number of hydrogen-bond donors (Lipinski definition) is 1. The third-order valence-corrected chi connectivity index (χ3v) is 6.68. The third-order valence-electron chi connectivity index (χ3n) is 6.68. The summed E-state index contributed by atoms with van der Waals surface area (Å²) in [7, 11) is 3.32. The van der Waals surface area contributed by atoms with E-state index in [-0.39, 0.29) is 11.8 Å². The topological polar surface area (TPSA) is 50.8 Å². The lowest BCUT2D eigenvalue weighted by molar-refractivity contribution is -0.121. The van der Waals surface area contributed by atoms with Gasteiger partial charge in [0, 0.05) is 25.3 Å². The molecule has 2 atom stereocenters. The second kappa shape index (κ2) is 11.2. The first-order chi connectivity index (χ1) is 16.6. The van der Waals surface area contributed by atoms with E-state index in [1.165, 1.54) is 16.7 Å². The molecule has 34 heavy (non-hydrogen) atoms. The Morgan fingerprint density at radius 2 is 1.44 bits per heavy atom. The molecule has 0 bridgehead atoms. The zero-order valence-electron chi connectivity index (χ0n) is 20.3. The number of likely N-dealkylation sites (tertiary alicyclic amines) is 1. The van der Waals surface area contributed by atoms with Crippen molar-refractivity contribution in [2.24, 2.45) is 5.92 Å². The molecule has 3 aromatic carbocycles. The highest BCUT2D eigenvalue weighted by atomic mass is 16.5. The standard InChI is InChI=1S/C29H34N2O3/c1-4-21-5-9-23(10-6-21)24-17-25(29(32)30-26-11-15-28(34-3)16-12-26)20-31(19-24)18-22-7-13-27(33-2)14-8-22/h5-16,24-25H,4,17-20H2,1-3H3,(H,30,32)/t24-,25+/m0/s1. The molecule has 5 nitrogen and oxygen atoms in total. The van der Waals surface area contributed by atoms with Gasteiger partial charge in [0.25, 0.3) is 0 Å². The molecule has 0 aromatic heterocycles. The summed E-state index contributed by atoms with van der Waals surface area (Å²) in [5, 5.41) is 3.12. The van der Waals surface area contributed by atoms with Crippen LogP contribution in [0.2, 0.25) is 0 Å². The number of carbonyl (C=O) groups is 1. The Labute approximate surface area is 202 Å². The van der Waals surface area contributed by atoms with E-state index in [2.05, 4.69) is 53.5 Å². The molecule has 1 saturated heterocycles. The number of rotatable bonds is 8. The van der Waals surface area contributed by atoms with Gasteiger partial charge in [0.2, 0.25) is 5.91 Å². The SMILES string of the molecule is CCc1ccc([C@H]2C[C@@H](C(=O)Nc3ccc(OC)cc3)CN(Cc3ccc(OC)cc3)C2)cc1. The van der Waals surface area contributed by atoms with Crippen molar-refractivity contribution >= 4 is 11.6 Å². The zero-order chi connectivity index (χ0) is 23.9. The Hall–Kier alpha value is -3.31. The predicted octanol–water partition coefficient (Wildman–Crippen LogP) is 5.51. The van der Waals surface area contributed by atoms with Gasteiger partial charge >= 0.3 is 0 Å². The number of amides is 1. The number of ether oxygens (including phenoxy) is 2. The molecule has 0 spiro atoms. The lowest BCUT2D eigenvalue weighted by Gasteiger charge is -2.37. The fraction of sp³-hybridized carbons (Fsp3) is 0.345. The van der Waals surface area contributed by atoms with Crippen LogP contribution in [0, 0.1) is 5.92 Å². The summed E-state index contributed by atoms with van der Waals surface area (Å²) >= 11 is 0. The molecule has 4 rings (SSSR count). The molecule has 0 unspecified atom stereocenters. The Kier molecular flexibility index (Phi) is 7.86. The Balaban J connectivity index is 1.51. The van der Waals surface area contributed by atoms with Crippen LogP contribution < -0.4 is 14.8 Å². The Morgan fingerprint density at radius 1 is 0.853 bits per heavy atom. The van der Waals surface area contributed by atoms with Gasteiger partial charge in [-0.1, -0.05) is 43.3 Å². The van der Waals surface area contributed by atoms with Crippen LogP contribution in [0.1, 0.15) is 36.0 Å². The van der Waals surface area contributed by atoms with E-state index in [4.69, 9.17) is 9.47 Å². The number of methoxy groups -OCH3 is 2. The first-order valence-electron chi connectivity index (χ1n) is 12.0. The Bertz CT molecular complexity index is 1060. The van der Waals surface area contributed by atoms with Gasteiger partial charge in [-0.3, -0.25) is 9.69 Å². The minimum absolute atomic E-state index is 0.0692. The zero-order valence-corrected chi connectivity index (χ0v) is 20.3. The van der Waals surface area contributed by atoms with Crippen molar-refractivity contribution in [3.8, 4) is 11.5 Å². The van der Waals surface area contributed by atoms with E-state index in [0.717, 1.165) is 49.7 Å². The summed E-state index contributed by atoms with van der Waals surface area (Å²) in [6.07, 6.45) is 1.87. The number of benzene rings is 3. The number of nitrogens with one attached hydrogen (secondary N) is 1. The van der Waals surface area contributed by atoms with E-state index < -0.39 is 0 Å². The summed E-state index contributed by atoms with van der Waals surface area (Å²) < 4.78 is 10.5. The van der Waals surface area contributed by atoms with Crippen LogP contribution in [0.25, 0.3) is 0 Å². The third kappa shape index (κ3) is 5.97. The quantitative estimate of drug-likeness (QED) is 0.484. The average Bonchev–Trinajstić information content (AvgIpc) is 2.89. The van der Waals surface area contributed by atoms with Gasteiger partial charge in [-0.2, -0.15) is 0 Å². The van der Waals surface area contributed by atoms with Crippen LogP contribution in [0.4, 0.5) is 5.69 Å². The lowest BCUT2D eigenvalue weighted by atomic mass is 9.83. The normalized spacial score (nSPS) is 18.3. The molecule has 1 heterocycles. The molecule has 0 aliphatic carbocycles. The highest BCUT2D eigenvalue weighted by molar-refractivity contribution is 5.92. The lowest BCUT2D eigenvalue weighted by Crippen LogP contribution is -2.43. The largest absolute Gasteiger partial charge is 0.497 e. The van der Waals surface area contributed by atoms with Gasteiger partial charge in [0.05, 0.1) is 20.1 Å². The second-order valence-corrected chi connectivity index (χ2v) is 8.98. The number of piperidine rings is 1. The maximum absolute atomic E-state index is 13.3. The maximum Gasteiger partial charge on any atom is 0.228 e. The van der Waals surface area contributed by atoms with Gasteiger partial charge in [0.1, 0.15) is 11.5 Å². The molecule has 0 radical (unpaired) electrons. The molecular weight excluding hydrogens is 424 g/mol. The van der Waals surface area contributed by atoms with Crippen molar-refractivity contribution in [1.82, 2.24) is 4.90 Å². The number of carbonyl (C=O) groups excluding carboxylic acids is 1. The monoisotopic (exact) mass is 458 g/mol. The highest BCUT2D eigenvalue weighted by Crippen LogP contribution is 2.32. The second-order valence-electron chi connectivity index (χ2n) is 8.98. The first kappa shape index (κ1) is 23.8. The number of anilines is 1. The van der Waals surface area contributed by atoms with Crippen LogP contribution in [-0.2, 0) is 17.8 Å². The van der Waals surface area contributed by atoms with Crippen molar-refractivity contribution in [1.29, 1.82) is 0 Å². The maximum atomic E-state index is 13.3. The van der Waals surface area contributed by atoms with E-state index in [1.807, 2.05) is 36.4 Å². The number of aryl methyl sites for hydroxylation is 1. The molecule has 1 aliphatic heterocycles. The van der Waals surface area contributed by atoms with E-state index in [1.54, 1.807) is 14.2 Å². The van der Waals surface area contributed by atoms with Crippen molar-refractivity contribution in [3.05, 3.63) is 89.5 Å². The summed E-state index contributed by atoms with van der Waals surface area (Å²) in [5.74, 6) is 1.92. The van der Waals surface area contributed by atoms with Gasteiger partial charge in [0.15, 0.2) is 0 Å². The molecule has 3 aromatic rings. The van der Waals surface area contributed by atoms with E-state index in [0.29, 0.717) is 5.92 Å². The molecule has 1 fully saturated rings. The van der Waals surface area contributed by atoms with Gasteiger partial charge in [-0.05, 0) is 71.8 Å². The van der Waals surface area contributed by atoms with Gasteiger partial charge in [-0.15, -0.1) is 0 Å². The van der Waals surface area contributed by atoms with Crippen LogP contribution in [0.15, 0.2) is 72.8 Å². The smallest absolute Gasteiger partial charge is 0.228 e. The van der Waals surface area contributed by atoms with Crippen molar-refractivity contribution in [2.75, 3.05) is 32.6 Å². The van der Waals surface area contributed by atoms with E-state index >= 15 is 0 Å². The van der Waals surface area contributed by atoms with E-state index in [9.17, 15) is 4.79 Å². The number of hydrogen-bond acceptors (Lipinski definition) is 4. The van der Waals surface area contributed by atoms with Gasteiger partial charge < -0.3 is 14.8 Å². The fourth-order valence-electron chi connectivity index (χ4n) is 4.68. The summed E-state index contributed by atoms with van der Waals surface area (Å²) in [5.41, 5.74) is 4.65. The van der Waals surface area contributed by atoms with Crippen molar-refractivity contribution < 1.29 is 14.3 Å². The molecule has 1 aliphatic rings. The predicted molar refractivity (Wildman–Crippen MR) is 137 cm³/mol. The van der Waals surface area contributed by atoms with Crippen molar-refractivity contribution in [3.63, 3.8) is 0 Å². The highest BCUT2D eigenvalue weighted by Gasteiger charge is 2.32. The van der Waals surface area contributed by atoms with Crippen LogP contribution in [0.3, 0.4) is 0 Å². The summed E-state index contributed by atoms with van der Waals surface area (Å²) in [6, 6.07) is 24.6.